The molecule has 0 aliphatic rings. The highest BCUT2D eigenvalue weighted by Gasteiger charge is 1.96. The van der Waals surface area contributed by atoms with Crippen molar-refractivity contribution >= 4 is 5.96 Å². The highest BCUT2D eigenvalue weighted by Crippen LogP contribution is 2.06. The Hall–Kier alpha value is -1.51. The Labute approximate surface area is 97.8 Å². The maximum atomic E-state index is 5.70. The predicted molar refractivity (Wildman–Crippen MR) is 69.7 cm³/mol. The van der Waals surface area contributed by atoms with Gasteiger partial charge in [-0.1, -0.05) is 31.2 Å². The number of rotatable bonds is 5. The van der Waals surface area contributed by atoms with Gasteiger partial charge in [-0.15, -0.1) is 0 Å². The molecular formula is C13H21N3. The monoisotopic (exact) mass is 219 g/mol. The minimum absolute atomic E-state index is 0.551. The highest BCUT2D eigenvalue weighted by molar-refractivity contribution is 5.77. The van der Waals surface area contributed by atoms with Gasteiger partial charge in [-0.2, -0.15) is 0 Å². The third-order valence-corrected chi connectivity index (χ3v) is 2.47. The summed E-state index contributed by atoms with van der Waals surface area (Å²) in [6.07, 6.45) is 2.01. The SMILES string of the molecule is CCCN=C(N)NCCc1ccccc1C. The number of guanidine groups is 1. The Morgan fingerprint density at radius 2 is 2.12 bits per heavy atom. The van der Waals surface area contributed by atoms with Crippen molar-refractivity contribution in [1.29, 1.82) is 0 Å². The fraction of sp³-hybridized carbons (Fsp3) is 0.462. The van der Waals surface area contributed by atoms with E-state index in [0.717, 1.165) is 25.9 Å². The van der Waals surface area contributed by atoms with Gasteiger partial charge in [-0.3, -0.25) is 4.99 Å². The van der Waals surface area contributed by atoms with Crippen molar-refractivity contribution in [3.8, 4) is 0 Å². The first kappa shape index (κ1) is 12.6. The summed E-state index contributed by atoms with van der Waals surface area (Å²) in [5.41, 5.74) is 8.39. The molecule has 0 saturated carbocycles. The first-order valence-electron chi connectivity index (χ1n) is 5.82. The fourth-order valence-electron chi connectivity index (χ4n) is 1.50. The van der Waals surface area contributed by atoms with Crippen LogP contribution in [0, 0.1) is 6.92 Å². The van der Waals surface area contributed by atoms with E-state index in [1.165, 1.54) is 11.1 Å². The van der Waals surface area contributed by atoms with Crippen LogP contribution in [0.15, 0.2) is 29.3 Å². The van der Waals surface area contributed by atoms with Crippen LogP contribution in [0.1, 0.15) is 24.5 Å². The lowest BCUT2D eigenvalue weighted by atomic mass is 10.1. The molecule has 3 heteroatoms. The smallest absolute Gasteiger partial charge is 0.188 e. The second-order valence-corrected chi connectivity index (χ2v) is 3.87. The Balaban J connectivity index is 2.33. The second-order valence-electron chi connectivity index (χ2n) is 3.87. The molecule has 0 atom stereocenters. The molecule has 3 nitrogen and oxygen atoms in total. The number of nitrogens with two attached hydrogens (primary N) is 1. The number of hydrogen-bond donors (Lipinski definition) is 2. The Morgan fingerprint density at radius 3 is 2.81 bits per heavy atom. The quantitative estimate of drug-likeness (QED) is 0.586. The lowest BCUT2D eigenvalue weighted by Crippen LogP contribution is -2.33. The van der Waals surface area contributed by atoms with Gasteiger partial charge in [0.05, 0.1) is 0 Å². The normalized spacial score (nSPS) is 11.5. The van der Waals surface area contributed by atoms with Gasteiger partial charge < -0.3 is 11.1 Å². The zero-order valence-corrected chi connectivity index (χ0v) is 10.2. The van der Waals surface area contributed by atoms with Crippen molar-refractivity contribution in [2.45, 2.75) is 26.7 Å². The molecule has 16 heavy (non-hydrogen) atoms. The van der Waals surface area contributed by atoms with E-state index in [4.69, 9.17) is 5.73 Å². The number of benzene rings is 1. The van der Waals surface area contributed by atoms with E-state index in [0.29, 0.717) is 5.96 Å². The van der Waals surface area contributed by atoms with Gasteiger partial charge in [-0.05, 0) is 30.9 Å². The van der Waals surface area contributed by atoms with Crippen molar-refractivity contribution in [1.82, 2.24) is 5.32 Å². The van der Waals surface area contributed by atoms with Crippen LogP contribution in [0.25, 0.3) is 0 Å². The minimum Gasteiger partial charge on any atom is -0.370 e. The van der Waals surface area contributed by atoms with Crippen LogP contribution in [0.5, 0.6) is 0 Å². The molecule has 0 heterocycles. The molecule has 0 aliphatic heterocycles. The average Bonchev–Trinajstić information content (AvgIpc) is 2.29. The number of nitrogens with zero attached hydrogens (tertiary/aromatic N) is 1. The van der Waals surface area contributed by atoms with Crippen molar-refractivity contribution < 1.29 is 0 Å². The summed E-state index contributed by atoms with van der Waals surface area (Å²) in [5, 5.41) is 3.12. The maximum Gasteiger partial charge on any atom is 0.188 e. The molecule has 0 radical (unpaired) electrons. The number of nitrogens with one attached hydrogen (secondary N) is 1. The van der Waals surface area contributed by atoms with Gasteiger partial charge in [-0.25, -0.2) is 0 Å². The zero-order valence-electron chi connectivity index (χ0n) is 10.2. The molecule has 1 aromatic rings. The third kappa shape index (κ3) is 4.34. The van der Waals surface area contributed by atoms with Crippen molar-refractivity contribution in [2.24, 2.45) is 10.7 Å². The molecule has 0 unspecified atom stereocenters. The summed E-state index contributed by atoms with van der Waals surface area (Å²) < 4.78 is 0. The summed E-state index contributed by atoms with van der Waals surface area (Å²) in [6, 6.07) is 8.40. The maximum absolute atomic E-state index is 5.70. The van der Waals surface area contributed by atoms with E-state index >= 15 is 0 Å². The van der Waals surface area contributed by atoms with Crippen molar-refractivity contribution in [3.63, 3.8) is 0 Å². The largest absolute Gasteiger partial charge is 0.370 e. The van der Waals surface area contributed by atoms with Gasteiger partial charge in [0.1, 0.15) is 0 Å². The molecule has 0 saturated heterocycles. The lowest BCUT2D eigenvalue weighted by molar-refractivity contribution is 0.836. The molecule has 0 fully saturated rings. The van der Waals surface area contributed by atoms with Gasteiger partial charge in [0, 0.05) is 13.1 Å². The van der Waals surface area contributed by atoms with Crippen LogP contribution < -0.4 is 11.1 Å². The Bertz CT molecular complexity index is 345. The second kappa shape index (κ2) is 6.88. The Kier molecular flexibility index (Phi) is 5.40. The molecule has 0 aromatic heterocycles. The summed E-state index contributed by atoms with van der Waals surface area (Å²) in [4.78, 5) is 4.18. The average molecular weight is 219 g/mol. The molecule has 1 aromatic carbocycles. The van der Waals surface area contributed by atoms with Crippen LogP contribution in [0.4, 0.5) is 0 Å². The fourth-order valence-corrected chi connectivity index (χ4v) is 1.50. The summed E-state index contributed by atoms with van der Waals surface area (Å²) in [7, 11) is 0. The summed E-state index contributed by atoms with van der Waals surface area (Å²) >= 11 is 0. The third-order valence-electron chi connectivity index (χ3n) is 2.47. The molecule has 3 N–H and O–H groups in total. The molecule has 88 valence electrons. The van der Waals surface area contributed by atoms with E-state index in [1.54, 1.807) is 0 Å². The molecule has 0 bridgehead atoms. The number of aryl methyl sites for hydroxylation is 1. The van der Waals surface area contributed by atoms with E-state index in [1.807, 2.05) is 0 Å². The van der Waals surface area contributed by atoms with E-state index in [-0.39, 0.29) is 0 Å². The van der Waals surface area contributed by atoms with Gasteiger partial charge in [0.25, 0.3) is 0 Å². The lowest BCUT2D eigenvalue weighted by Gasteiger charge is -2.07. The molecular weight excluding hydrogens is 198 g/mol. The summed E-state index contributed by atoms with van der Waals surface area (Å²) in [5.74, 6) is 0.551. The van der Waals surface area contributed by atoms with Crippen LogP contribution in [-0.2, 0) is 6.42 Å². The van der Waals surface area contributed by atoms with Gasteiger partial charge >= 0.3 is 0 Å². The van der Waals surface area contributed by atoms with Gasteiger partial charge in [0.2, 0.25) is 0 Å². The first-order chi connectivity index (χ1) is 7.74. The van der Waals surface area contributed by atoms with E-state index in [9.17, 15) is 0 Å². The number of aliphatic imine (C=N–C) groups is 1. The molecule has 0 aliphatic carbocycles. The molecule has 0 amide bonds. The minimum atomic E-state index is 0.551. The Morgan fingerprint density at radius 1 is 1.38 bits per heavy atom. The van der Waals surface area contributed by atoms with E-state index in [2.05, 4.69) is 48.4 Å². The number of hydrogen-bond acceptors (Lipinski definition) is 1. The van der Waals surface area contributed by atoms with Crippen molar-refractivity contribution in [2.75, 3.05) is 13.1 Å². The first-order valence-corrected chi connectivity index (χ1v) is 5.82. The zero-order chi connectivity index (χ0) is 11.8. The van der Waals surface area contributed by atoms with Crippen LogP contribution >= 0.6 is 0 Å². The molecule has 1 rings (SSSR count). The summed E-state index contributed by atoms with van der Waals surface area (Å²) in [6.45, 7) is 5.85. The van der Waals surface area contributed by atoms with Gasteiger partial charge in [0.15, 0.2) is 5.96 Å². The standard InChI is InChI=1S/C13H21N3/c1-3-9-15-13(14)16-10-8-12-7-5-4-6-11(12)2/h4-7H,3,8-10H2,1-2H3,(H3,14,15,16). The van der Waals surface area contributed by atoms with E-state index < -0.39 is 0 Å². The molecule has 0 spiro atoms. The topological polar surface area (TPSA) is 50.4 Å². The van der Waals surface area contributed by atoms with Crippen LogP contribution in [0.2, 0.25) is 0 Å². The van der Waals surface area contributed by atoms with Crippen LogP contribution in [-0.4, -0.2) is 19.0 Å². The van der Waals surface area contributed by atoms with Crippen molar-refractivity contribution in [3.05, 3.63) is 35.4 Å². The highest BCUT2D eigenvalue weighted by atomic mass is 15.1. The predicted octanol–water partition coefficient (Wildman–Crippen LogP) is 1.85. The van der Waals surface area contributed by atoms with Crippen LogP contribution in [0.3, 0.4) is 0 Å².